The molecular formula is C4H2Cl2F6. The van der Waals surface area contributed by atoms with Gasteiger partial charge in [0.2, 0.25) is 0 Å². The van der Waals surface area contributed by atoms with E-state index in [1.165, 1.54) is 0 Å². The largest absolute Gasteiger partial charge is 0.406 e. The molecule has 0 aliphatic rings. The van der Waals surface area contributed by atoms with Crippen molar-refractivity contribution < 1.29 is 26.3 Å². The molecule has 0 aromatic heterocycles. The first-order chi connectivity index (χ1) is 5.07. The van der Waals surface area contributed by atoms with Gasteiger partial charge in [0, 0.05) is 0 Å². The van der Waals surface area contributed by atoms with Gasteiger partial charge >= 0.3 is 12.4 Å². The molecule has 0 unspecified atom stereocenters. The summed E-state index contributed by atoms with van der Waals surface area (Å²) >= 11 is 8.83. The second-order valence-electron chi connectivity index (χ2n) is 1.89. The van der Waals surface area contributed by atoms with E-state index in [1.807, 2.05) is 0 Å². The van der Waals surface area contributed by atoms with E-state index in [9.17, 15) is 26.3 Å². The van der Waals surface area contributed by atoms with E-state index in [4.69, 9.17) is 0 Å². The Hall–Kier alpha value is 0.160. The number of hydrogen-bond donors (Lipinski definition) is 0. The van der Waals surface area contributed by atoms with Gasteiger partial charge in [-0.25, -0.2) is 0 Å². The van der Waals surface area contributed by atoms with Crippen LogP contribution in [0, 0.1) is 0 Å². The summed E-state index contributed by atoms with van der Waals surface area (Å²) in [4.78, 5) is 0. The molecule has 0 N–H and O–H groups in total. The minimum Gasteiger partial charge on any atom is -0.169 e. The van der Waals surface area contributed by atoms with E-state index in [2.05, 4.69) is 23.2 Å². The molecule has 0 radical (unpaired) electrons. The van der Waals surface area contributed by atoms with Crippen LogP contribution in [0.1, 0.15) is 0 Å². The lowest BCUT2D eigenvalue weighted by atomic mass is 10.3. The average Bonchev–Trinajstić information content (AvgIpc) is 1.80. The molecule has 0 rings (SSSR count). The Kier molecular flexibility index (Phi) is 3.54. The van der Waals surface area contributed by atoms with Crippen LogP contribution in [0.5, 0.6) is 0 Å². The number of hydrogen-bond acceptors (Lipinski definition) is 0. The van der Waals surface area contributed by atoms with Crippen LogP contribution in [-0.4, -0.2) is 23.1 Å². The first-order valence-corrected chi connectivity index (χ1v) is 3.35. The fourth-order valence-electron chi connectivity index (χ4n) is 0.332. The smallest absolute Gasteiger partial charge is 0.169 e. The van der Waals surface area contributed by atoms with Crippen LogP contribution in [0.25, 0.3) is 0 Å². The van der Waals surface area contributed by atoms with Crippen molar-refractivity contribution in [2.24, 2.45) is 0 Å². The third kappa shape index (κ3) is 3.26. The second kappa shape index (κ2) is 3.49. The molecule has 0 bridgehead atoms. The lowest BCUT2D eigenvalue weighted by Gasteiger charge is -2.20. The van der Waals surface area contributed by atoms with Crippen molar-refractivity contribution in [3.63, 3.8) is 0 Å². The van der Waals surface area contributed by atoms with Gasteiger partial charge < -0.3 is 0 Å². The van der Waals surface area contributed by atoms with Crippen molar-refractivity contribution in [1.82, 2.24) is 0 Å². The summed E-state index contributed by atoms with van der Waals surface area (Å²) in [6.45, 7) is 0. The maximum Gasteiger partial charge on any atom is 0.406 e. The van der Waals surface area contributed by atoms with E-state index in [0.717, 1.165) is 0 Å². The summed E-state index contributed by atoms with van der Waals surface area (Å²) in [6.07, 6.45) is -10.3. The quantitative estimate of drug-likeness (QED) is 0.483. The molecule has 74 valence electrons. The predicted octanol–water partition coefficient (Wildman–Crippen LogP) is 3.33. The lowest BCUT2D eigenvalue weighted by molar-refractivity contribution is -0.176. The van der Waals surface area contributed by atoms with Gasteiger partial charge in [-0.2, -0.15) is 26.3 Å². The maximum atomic E-state index is 11.5. The molecule has 0 aliphatic carbocycles. The fourth-order valence-corrected chi connectivity index (χ4v) is 0.618. The second-order valence-corrected chi connectivity index (χ2v) is 2.83. The standard InChI is InChI=1S/C4H2Cl2F6/c5-1(3(7,8)9)2(6)4(10,11)12/h1-2H/t1-,2-/m1/s1. The molecule has 8 heteroatoms. The van der Waals surface area contributed by atoms with Crippen molar-refractivity contribution in [2.45, 2.75) is 23.1 Å². The SMILES string of the molecule is FC(F)(F)[C@H](Cl)[C@@H](Cl)C(F)(F)F. The van der Waals surface area contributed by atoms with Gasteiger partial charge in [0.1, 0.15) is 0 Å². The Balaban J connectivity index is 4.41. The van der Waals surface area contributed by atoms with Gasteiger partial charge in [0.05, 0.1) is 0 Å². The number of halogens is 8. The van der Waals surface area contributed by atoms with Gasteiger partial charge in [-0.05, 0) is 0 Å². The van der Waals surface area contributed by atoms with Crippen molar-refractivity contribution in [1.29, 1.82) is 0 Å². The van der Waals surface area contributed by atoms with Gasteiger partial charge in [-0.3, -0.25) is 0 Å². The molecule has 12 heavy (non-hydrogen) atoms. The molecule has 2 atom stereocenters. The number of rotatable bonds is 1. The Labute approximate surface area is 73.4 Å². The van der Waals surface area contributed by atoms with Gasteiger partial charge in [0.25, 0.3) is 0 Å². The molecule has 0 aromatic rings. The minimum atomic E-state index is -5.15. The van der Waals surface area contributed by atoms with Crippen molar-refractivity contribution in [2.75, 3.05) is 0 Å². The highest BCUT2D eigenvalue weighted by Crippen LogP contribution is 2.37. The molecule has 0 aliphatic heterocycles. The molecule has 0 fully saturated rings. The first kappa shape index (κ1) is 12.2. The van der Waals surface area contributed by atoms with Gasteiger partial charge in [-0.1, -0.05) is 0 Å². The van der Waals surface area contributed by atoms with Crippen LogP contribution in [0.2, 0.25) is 0 Å². The average molecular weight is 235 g/mol. The van der Waals surface area contributed by atoms with Crippen molar-refractivity contribution >= 4 is 23.2 Å². The highest BCUT2D eigenvalue weighted by atomic mass is 35.5. The highest BCUT2D eigenvalue weighted by molar-refractivity contribution is 6.30. The zero-order valence-electron chi connectivity index (χ0n) is 5.18. The van der Waals surface area contributed by atoms with Gasteiger partial charge in [-0.15, -0.1) is 23.2 Å². The maximum absolute atomic E-state index is 11.5. The minimum absolute atomic E-state index is 3.11. The summed E-state index contributed by atoms with van der Waals surface area (Å²) in [6, 6.07) is 0. The molecule has 0 nitrogen and oxygen atoms in total. The molecule has 0 spiro atoms. The summed E-state index contributed by atoms with van der Waals surface area (Å²) < 4.78 is 69.1. The third-order valence-corrected chi connectivity index (χ3v) is 2.01. The van der Waals surface area contributed by atoms with E-state index >= 15 is 0 Å². The van der Waals surface area contributed by atoms with E-state index in [0.29, 0.717) is 0 Å². The molecule has 0 heterocycles. The summed E-state index contributed by atoms with van der Waals surface area (Å²) in [5, 5.41) is -6.22. The molecular weight excluding hydrogens is 233 g/mol. The Morgan fingerprint density at radius 2 is 0.833 bits per heavy atom. The van der Waals surface area contributed by atoms with Crippen LogP contribution < -0.4 is 0 Å². The Morgan fingerprint density at radius 3 is 0.917 bits per heavy atom. The monoisotopic (exact) mass is 234 g/mol. The fraction of sp³-hybridized carbons (Fsp3) is 1.00. The lowest BCUT2D eigenvalue weighted by Crippen LogP contribution is -2.40. The number of alkyl halides is 8. The topological polar surface area (TPSA) is 0 Å². The molecule has 0 amide bonds. The summed E-state index contributed by atoms with van der Waals surface area (Å²) in [5.74, 6) is 0. The molecule has 0 saturated heterocycles. The predicted molar refractivity (Wildman–Crippen MR) is 31.4 cm³/mol. The van der Waals surface area contributed by atoms with E-state index in [-0.39, 0.29) is 0 Å². The van der Waals surface area contributed by atoms with E-state index in [1.54, 1.807) is 0 Å². The zero-order valence-corrected chi connectivity index (χ0v) is 6.69. The Bertz CT molecular complexity index is 131. The zero-order chi connectivity index (χ0) is 10.2. The van der Waals surface area contributed by atoms with Gasteiger partial charge in [0.15, 0.2) is 10.8 Å². The van der Waals surface area contributed by atoms with Crippen molar-refractivity contribution in [3.8, 4) is 0 Å². The van der Waals surface area contributed by atoms with Crippen LogP contribution in [0.15, 0.2) is 0 Å². The van der Waals surface area contributed by atoms with Crippen LogP contribution in [-0.2, 0) is 0 Å². The first-order valence-electron chi connectivity index (χ1n) is 2.48. The van der Waals surface area contributed by atoms with Crippen molar-refractivity contribution in [3.05, 3.63) is 0 Å². The molecule has 0 saturated carbocycles. The summed E-state index contributed by atoms with van der Waals surface area (Å²) in [7, 11) is 0. The normalized spacial score (nSPS) is 19.0. The molecule has 0 aromatic carbocycles. The third-order valence-electron chi connectivity index (χ3n) is 0.882. The highest BCUT2D eigenvalue weighted by Gasteiger charge is 2.53. The van der Waals surface area contributed by atoms with E-state index < -0.39 is 23.1 Å². The van der Waals surface area contributed by atoms with Crippen LogP contribution in [0.3, 0.4) is 0 Å². The Morgan fingerprint density at radius 1 is 0.667 bits per heavy atom. The van der Waals surface area contributed by atoms with Crippen LogP contribution >= 0.6 is 23.2 Å². The van der Waals surface area contributed by atoms with Crippen LogP contribution in [0.4, 0.5) is 26.3 Å². The summed E-state index contributed by atoms with van der Waals surface area (Å²) in [5.41, 5.74) is 0.